The maximum atomic E-state index is 14.7. The van der Waals surface area contributed by atoms with E-state index in [9.17, 15) is 14.0 Å². The summed E-state index contributed by atoms with van der Waals surface area (Å²) in [6.45, 7) is 17.9. The van der Waals surface area contributed by atoms with Crippen LogP contribution in [0.2, 0.25) is 18.1 Å². The lowest BCUT2D eigenvalue weighted by Gasteiger charge is -2.39. The third kappa shape index (κ3) is 13.5. The molecular formula is C34H52FN3O7SSi. The highest BCUT2D eigenvalue weighted by molar-refractivity contribution is 7.15. The number of thiazole rings is 1. The van der Waals surface area contributed by atoms with Crippen LogP contribution in [0.3, 0.4) is 0 Å². The minimum atomic E-state index is -1.97. The third-order valence-electron chi connectivity index (χ3n) is 7.43. The van der Waals surface area contributed by atoms with Gasteiger partial charge in [-0.1, -0.05) is 32.6 Å². The lowest BCUT2D eigenvalue weighted by Crippen LogP contribution is -2.45. The van der Waals surface area contributed by atoms with Crippen molar-refractivity contribution < 1.29 is 37.4 Å². The van der Waals surface area contributed by atoms with Crippen molar-refractivity contribution >= 4 is 36.8 Å². The van der Waals surface area contributed by atoms with Gasteiger partial charge in [-0.2, -0.15) is 0 Å². The fourth-order valence-corrected chi connectivity index (χ4v) is 6.31. The van der Waals surface area contributed by atoms with Crippen LogP contribution in [0.15, 0.2) is 18.2 Å². The van der Waals surface area contributed by atoms with Crippen molar-refractivity contribution in [1.29, 1.82) is 0 Å². The van der Waals surface area contributed by atoms with Gasteiger partial charge >= 0.3 is 12.1 Å². The molecule has 1 atom stereocenters. The number of aryl methyl sites for hydroxylation is 1. The van der Waals surface area contributed by atoms with Crippen molar-refractivity contribution in [2.24, 2.45) is 0 Å². The highest BCUT2D eigenvalue weighted by Gasteiger charge is 2.39. The Balaban J connectivity index is 1.93. The molecule has 0 aliphatic carbocycles. The lowest BCUT2D eigenvalue weighted by atomic mass is 10.2. The number of ether oxygens (including phenoxy) is 4. The van der Waals surface area contributed by atoms with Gasteiger partial charge in [0.25, 0.3) is 0 Å². The second-order valence-electron chi connectivity index (χ2n) is 13.7. The molecule has 0 saturated heterocycles. The number of hydrogen-bond acceptors (Lipinski definition) is 10. The van der Waals surface area contributed by atoms with Gasteiger partial charge in [-0.3, -0.25) is 0 Å². The van der Waals surface area contributed by atoms with E-state index in [1.165, 1.54) is 35.5 Å². The van der Waals surface area contributed by atoms with Crippen LogP contribution in [-0.4, -0.2) is 89.5 Å². The first kappa shape index (κ1) is 40.0. The van der Waals surface area contributed by atoms with E-state index in [-0.39, 0.29) is 35.7 Å². The molecule has 0 aliphatic heterocycles. The highest BCUT2D eigenvalue weighted by Crippen LogP contribution is 2.37. The van der Waals surface area contributed by atoms with Gasteiger partial charge in [0.05, 0.1) is 33.0 Å². The first-order chi connectivity index (χ1) is 21.9. The van der Waals surface area contributed by atoms with Gasteiger partial charge in [-0.25, -0.2) is 19.0 Å². The van der Waals surface area contributed by atoms with E-state index in [4.69, 9.17) is 23.4 Å². The van der Waals surface area contributed by atoms with Crippen molar-refractivity contribution in [3.8, 4) is 17.6 Å². The van der Waals surface area contributed by atoms with Crippen LogP contribution in [-0.2, 0) is 25.1 Å². The number of halogens is 1. The molecule has 2 rings (SSSR count). The number of nitrogens with one attached hydrogen (secondary N) is 1. The normalized spacial score (nSPS) is 12.5. The van der Waals surface area contributed by atoms with E-state index in [2.05, 4.69) is 56.0 Å². The Labute approximate surface area is 284 Å². The van der Waals surface area contributed by atoms with Crippen LogP contribution in [0.5, 0.6) is 5.75 Å². The van der Waals surface area contributed by atoms with E-state index in [0.29, 0.717) is 36.7 Å². The Kier molecular flexibility index (Phi) is 15.2. The summed E-state index contributed by atoms with van der Waals surface area (Å²) in [4.78, 5) is 31.1. The molecule has 2 aromatic rings. The number of rotatable bonds is 15. The number of nitrogens with zero attached hydrogens (tertiary/aromatic N) is 2. The molecule has 0 bridgehead atoms. The largest absolute Gasteiger partial charge is 0.491 e. The summed E-state index contributed by atoms with van der Waals surface area (Å²) in [5.74, 6) is 4.76. The summed E-state index contributed by atoms with van der Waals surface area (Å²) >= 11 is 1.39. The molecule has 0 fully saturated rings. The first-order valence-corrected chi connectivity index (χ1v) is 19.4. The fraction of sp³-hybridized carbons (Fsp3) is 0.618. The van der Waals surface area contributed by atoms with E-state index < -0.39 is 31.8 Å². The molecule has 1 N–H and O–H groups in total. The molecule has 47 heavy (non-hydrogen) atoms. The van der Waals surface area contributed by atoms with Crippen LogP contribution in [0, 0.1) is 17.7 Å². The van der Waals surface area contributed by atoms with Gasteiger partial charge in [0.2, 0.25) is 0 Å². The van der Waals surface area contributed by atoms with Crippen molar-refractivity contribution in [3.63, 3.8) is 0 Å². The highest BCUT2D eigenvalue weighted by atomic mass is 32.1. The SMILES string of the molecule is COCC(CCNc1nc(C(=O)OC)c(CCCOc2ccc(C#CCN(C)C(=O)OC(C)(C)C)cc2F)s1)O[Si](C)(C)C(C)(C)C. The second kappa shape index (κ2) is 17.8. The van der Waals surface area contributed by atoms with Crippen molar-refractivity contribution in [2.75, 3.05) is 52.9 Å². The van der Waals surface area contributed by atoms with Crippen LogP contribution in [0.25, 0.3) is 0 Å². The predicted octanol–water partition coefficient (Wildman–Crippen LogP) is 7.14. The molecule has 1 aromatic heterocycles. The second-order valence-corrected chi connectivity index (χ2v) is 19.5. The standard InChI is InChI=1S/C34H52FN3O7SSi/c1-33(2,3)44-32(40)38(7)20-12-14-24-16-17-27(26(35)22-24)43-21-13-15-28-29(30(39)42-9)37-31(46-28)36-19-18-25(23-41-8)45-47(10,11)34(4,5)6/h16-17,22,25H,13,15,18-21,23H2,1-11H3,(H,36,37). The summed E-state index contributed by atoms with van der Waals surface area (Å²) in [7, 11) is 2.62. The van der Waals surface area contributed by atoms with Gasteiger partial charge in [0.15, 0.2) is 30.7 Å². The van der Waals surface area contributed by atoms with Crippen LogP contribution >= 0.6 is 11.3 Å². The molecule has 0 radical (unpaired) electrons. The predicted molar refractivity (Wildman–Crippen MR) is 186 cm³/mol. The zero-order valence-corrected chi connectivity index (χ0v) is 31.6. The number of hydrogen-bond donors (Lipinski definition) is 1. The van der Waals surface area contributed by atoms with E-state index in [0.717, 1.165) is 11.3 Å². The Morgan fingerprint density at radius 3 is 2.45 bits per heavy atom. The van der Waals surface area contributed by atoms with Gasteiger partial charge < -0.3 is 33.6 Å². The number of esters is 1. The van der Waals surface area contributed by atoms with Gasteiger partial charge in [0.1, 0.15) is 5.60 Å². The number of methoxy groups -OCH3 is 2. The number of amides is 1. The molecule has 1 unspecified atom stereocenters. The van der Waals surface area contributed by atoms with Crippen LogP contribution in [0.4, 0.5) is 14.3 Å². The van der Waals surface area contributed by atoms with Crippen molar-refractivity contribution in [2.45, 2.75) is 90.6 Å². The molecule has 262 valence electrons. The average molecular weight is 694 g/mol. The number of aromatic nitrogens is 1. The van der Waals surface area contributed by atoms with E-state index in [1.54, 1.807) is 41.0 Å². The zero-order chi connectivity index (χ0) is 35.4. The Morgan fingerprint density at radius 2 is 1.85 bits per heavy atom. The van der Waals surface area contributed by atoms with Gasteiger partial charge in [0, 0.05) is 31.1 Å². The summed E-state index contributed by atoms with van der Waals surface area (Å²) in [5.41, 5.74) is 0.120. The Hall–Kier alpha value is -3.18. The van der Waals surface area contributed by atoms with Gasteiger partial charge in [-0.05, 0) is 76.4 Å². The van der Waals surface area contributed by atoms with Crippen LogP contribution in [0.1, 0.15) is 75.3 Å². The average Bonchev–Trinajstić information content (AvgIpc) is 3.36. The lowest BCUT2D eigenvalue weighted by molar-refractivity contribution is 0.0320. The van der Waals surface area contributed by atoms with Crippen LogP contribution < -0.4 is 10.1 Å². The maximum absolute atomic E-state index is 14.7. The molecule has 1 heterocycles. The summed E-state index contributed by atoms with van der Waals surface area (Å²) in [6, 6.07) is 4.47. The number of carbonyl (C=O) groups is 2. The molecule has 1 aromatic carbocycles. The first-order valence-electron chi connectivity index (χ1n) is 15.7. The minimum absolute atomic E-state index is 0.0579. The number of carbonyl (C=O) groups excluding carboxylic acids is 2. The topological polar surface area (TPSA) is 108 Å². The maximum Gasteiger partial charge on any atom is 0.410 e. The Bertz CT molecular complexity index is 1390. The molecule has 10 nitrogen and oxygen atoms in total. The van der Waals surface area contributed by atoms with Crippen molar-refractivity contribution in [1.82, 2.24) is 9.88 Å². The summed E-state index contributed by atoms with van der Waals surface area (Å²) in [6.07, 6.45) is 1.21. The minimum Gasteiger partial charge on any atom is -0.491 e. The fourth-order valence-electron chi connectivity index (χ4n) is 3.92. The molecule has 1 amide bonds. The molecule has 13 heteroatoms. The van der Waals surface area contributed by atoms with E-state index >= 15 is 0 Å². The summed E-state index contributed by atoms with van der Waals surface area (Å²) in [5, 5.41) is 4.03. The molecule has 0 saturated carbocycles. The zero-order valence-electron chi connectivity index (χ0n) is 29.8. The van der Waals surface area contributed by atoms with Gasteiger partial charge in [-0.15, -0.1) is 11.3 Å². The smallest absolute Gasteiger partial charge is 0.410 e. The molecule has 0 aliphatic rings. The molecular weight excluding hydrogens is 642 g/mol. The summed E-state index contributed by atoms with van der Waals surface area (Å²) < 4.78 is 42.6. The Morgan fingerprint density at radius 1 is 1.15 bits per heavy atom. The number of benzene rings is 1. The number of anilines is 1. The third-order valence-corrected chi connectivity index (χ3v) is 13.0. The molecule has 0 spiro atoms. The monoisotopic (exact) mass is 693 g/mol. The van der Waals surface area contributed by atoms with E-state index in [1.807, 2.05) is 0 Å². The van der Waals surface area contributed by atoms with Crippen molar-refractivity contribution in [3.05, 3.63) is 40.2 Å². The quantitative estimate of drug-likeness (QED) is 0.0902.